The molecular weight excluding hydrogens is 250 g/mol. The number of benzene rings is 1. The summed E-state index contributed by atoms with van der Waals surface area (Å²) in [5, 5.41) is 0. The molecule has 1 amide bonds. The number of amides is 1. The van der Waals surface area contributed by atoms with Crippen LogP contribution < -0.4 is 0 Å². The van der Waals surface area contributed by atoms with Gasteiger partial charge in [-0.2, -0.15) is 0 Å². The van der Waals surface area contributed by atoms with Crippen molar-refractivity contribution in [2.45, 2.75) is 39.7 Å². The first-order chi connectivity index (χ1) is 9.58. The molecular formula is C16H21N3O. The SMILES string of the molecule is Cc1nc2cc(C(=O)N3CCCC3)ccc2n1C(C)C. The molecule has 0 aliphatic carbocycles. The van der Waals surface area contributed by atoms with Gasteiger partial charge in [-0.25, -0.2) is 4.98 Å². The summed E-state index contributed by atoms with van der Waals surface area (Å²) in [6.45, 7) is 8.09. The first-order valence-electron chi connectivity index (χ1n) is 7.36. The Bertz CT molecular complexity index is 651. The maximum Gasteiger partial charge on any atom is 0.253 e. The quantitative estimate of drug-likeness (QED) is 0.841. The van der Waals surface area contributed by atoms with Crippen molar-refractivity contribution in [3.63, 3.8) is 0 Å². The zero-order valence-corrected chi connectivity index (χ0v) is 12.4. The summed E-state index contributed by atoms with van der Waals surface area (Å²) in [7, 11) is 0. The number of imidazole rings is 1. The number of likely N-dealkylation sites (tertiary alicyclic amines) is 1. The number of carbonyl (C=O) groups excluding carboxylic acids is 1. The molecule has 0 bridgehead atoms. The van der Waals surface area contributed by atoms with Gasteiger partial charge in [-0.1, -0.05) is 0 Å². The van der Waals surface area contributed by atoms with E-state index in [9.17, 15) is 4.79 Å². The molecule has 0 N–H and O–H groups in total. The molecule has 1 aliphatic rings. The van der Waals surface area contributed by atoms with Gasteiger partial charge in [0.15, 0.2) is 0 Å². The zero-order chi connectivity index (χ0) is 14.3. The molecule has 2 heterocycles. The molecule has 0 atom stereocenters. The summed E-state index contributed by atoms with van der Waals surface area (Å²) in [6.07, 6.45) is 2.24. The number of carbonyl (C=O) groups is 1. The van der Waals surface area contributed by atoms with Crippen molar-refractivity contribution in [1.29, 1.82) is 0 Å². The van der Waals surface area contributed by atoms with Gasteiger partial charge in [-0.05, 0) is 51.8 Å². The van der Waals surface area contributed by atoms with Crippen LogP contribution >= 0.6 is 0 Å². The molecule has 1 aromatic heterocycles. The second kappa shape index (κ2) is 4.93. The molecule has 0 spiro atoms. The first kappa shape index (κ1) is 13.2. The Balaban J connectivity index is 2.01. The molecule has 0 unspecified atom stereocenters. The molecule has 0 saturated carbocycles. The van der Waals surface area contributed by atoms with Crippen molar-refractivity contribution in [2.24, 2.45) is 0 Å². The van der Waals surface area contributed by atoms with Crippen LogP contribution in [0.25, 0.3) is 11.0 Å². The van der Waals surface area contributed by atoms with E-state index in [-0.39, 0.29) is 5.91 Å². The fourth-order valence-corrected chi connectivity index (χ4v) is 3.11. The number of nitrogens with zero attached hydrogens (tertiary/aromatic N) is 3. The van der Waals surface area contributed by atoms with Crippen LogP contribution in [0.1, 0.15) is 48.9 Å². The lowest BCUT2D eigenvalue weighted by molar-refractivity contribution is 0.0793. The summed E-state index contributed by atoms with van der Waals surface area (Å²) < 4.78 is 2.21. The number of fused-ring (bicyclic) bond motifs is 1. The molecule has 20 heavy (non-hydrogen) atoms. The normalized spacial score (nSPS) is 15.5. The summed E-state index contributed by atoms with van der Waals surface area (Å²) in [4.78, 5) is 18.9. The number of aryl methyl sites for hydroxylation is 1. The number of hydrogen-bond acceptors (Lipinski definition) is 2. The second-order valence-corrected chi connectivity index (χ2v) is 5.83. The summed E-state index contributed by atoms with van der Waals surface area (Å²) in [6, 6.07) is 6.27. The minimum absolute atomic E-state index is 0.140. The lowest BCUT2D eigenvalue weighted by Crippen LogP contribution is -2.27. The fourth-order valence-electron chi connectivity index (χ4n) is 3.11. The first-order valence-corrected chi connectivity index (χ1v) is 7.36. The standard InChI is InChI=1S/C16H21N3O/c1-11(2)19-12(3)17-14-10-13(6-7-15(14)19)16(20)18-8-4-5-9-18/h6-7,10-11H,4-5,8-9H2,1-3H3. The van der Waals surface area contributed by atoms with Crippen molar-refractivity contribution in [2.75, 3.05) is 13.1 Å². The van der Waals surface area contributed by atoms with E-state index < -0.39 is 0 Å². The number of aromatic nitrogens is 2. The van der Waals surface area contributed by atoms with Gasteiger partial charge in [-0.3, -0.25) is 4.79 Å². The van der Waals surface area contributed by atoms with Crippen molar-refractivity contribution in [3.05, 3.63) is 29.6 Å². The highest BCUT2D eigenvalue weighted by Gasteiger charge is 2.20. The number of hydrogen-bond donors (Lipinski definition) is 0. The van der Waals surface area contributed by atoms with Crippen LogP contribution in [0.2, 0.25) is 0 Å². The summed E-state index contributed by atoms with van der Waals surface area (Å²) in [5.41, 5.74) is 2.78. The third-order valence-electron chi connectivity index (χ3n) is 4.02. The Morgan fingerprint density at radius 2 is 1.95 bits per heavy atom. The Kier molecular flexibility index (Phi) is 3.24. The van der Waals surface area contributed by atoms with E-state index in [1.165, 1.54) is 0 Å². The Morgan fingerprint density at radius 1 is 1.25 bits per heavy atom. The van der Waals surface area contributed by atoms with Crippen LogP contribution in [-0.2, 0) is 0 Å². The maximum absolute atomic E-state index is 12.4. The van der Waals surface area contributed by atoms with E-state index in [2.05, 4.69) is 23.4 Å². The molecule has 0 radical (unpaired) electrons. The van der Waals surface area contributed by atoms with E-state index in [0.29, 0.717) is 6.04 Å². The third kappa shape index (κ3) is 2.09. The average molecular weight is 271 g/mol. The molecule has 106 valence electrons. The minimum atomic E-state index is 0.140. The molecule has 4 nitrogen and oxygen atoms in total. The van der Waals surface area contributed by atoms with E-state index in [0.717, 1.165) is 48.4 Å². The largest absolute Gasteiger partial charge is 0.339 e. The van der Waals surface area contributed by atoms with Crippen molar-refractivity contribution < 1.29 is 4.79 Å². The smallest absolute Gasteiger partial charge is 0.253 e. The average Bonchev–Trinajstić information content (AvgIpc) is 3.02. The zero-order valence-electron chi connectivity index (χ0n) is 12.4. The second-order valence-electron chi connectivity index (χ2n) is 5.83. The predicted molar refractivity (Wildman–Crippen MR) is 80.0 cm³/mol. The summed E-state index contributed by atoms with van der Waals surface area (Å²) >= 11 is 0. The molecule has 2 aromatic rings. The Morgan fingerprint density at radius 3 is 2.60 bits per heavy atom. The van der Waals surface area contributed by atoms with E-state index in [1.807, 2.05) is 30.0 Å². The summed E-state index contributed by atoms with van der Waals surface area (Å²) in [5.74, 6) is 1.14. The highest BCUT2D eigenvalue weighted by Crippen LogP contribution is 2.23. The van der Waals surface area contributed by atoms with Gasteiger partial charge in [0, 0.05) is 24.7 Å². The van der Waals surface area contributed by atoms with Gasteiger partial charge >= 0.3 is 0 Å². The van der Waals surface area contributed by atoms with Crippen LogP contribution in [0.5, 0.6) is 0 Å². The Labute approximate surface area is 119 Å². The van der Waals surface area contributed by atoms with Crippen LogP contribution in [-0.4, -0.2) is 33.4 Å². The van der Waals surface area contributed by atoms with E-state index in [1.54, 1.807) is 0 Å². The van der Waals surface area contributed by atoms with Crippen LogP contribution in [0, 0.1) is 6.92 Å². The monoisotopic (exact) mass is 271 g/mol. The molecule has 1 aliphatic heterocycles. The van der Waals surface area contributed by atoms with Crippen molar-refractivity contribution in [1.82, 2.24) is 14.5 Å². The molecule has 1 aromatic carbocycles. The fraction of sp³-hybridized carbons (Fsp3) is 0.500. The highest BCUT2D eigenvalue weighted by molar-refractivity contribution is 5.97. The lowest BCUT2D eigenvalue weighted by atomic mass is 10.1. The van der Waals surface area contributed by atoms with E-state index in [4.69, 9.17) is 0 Å². The van der Waals surface area contributed by atoms with Crippen LogP contribution in [0.4, 0.5) is 0 Å². The van der Waals surface area contributed by atoms with Crippen LogP contribution in [0.15, 0.2) is 18.2 Å². The Hall–Kier alpha value is -1.84. The van der Waals surface area contributed by atoms with Gasteiger partial charge in [0.05, 0.1) is 11.0 Å². The van der Waals surface area contributed by atoms with E-state index >= 15 is 0 Å². The van der Waals surface area contributed by atoms with Gasteiger partial charge in [0.2, 0.25) is 0 Å². The maximum atomic E-state index is 12.4. The molecule has 1 fully saturated rings. The minimum Gasteiger partial charge on any atom is -0.339 e. The van der Waals surface area contributed by atoms with Crippen molar-refractivity contribution >= 4 is 16.9 Å². The van der Waals surface area contributed by atoms with Gasteiger partial charge in [-0.15, -0.1) is 0 Å². The molecule has 3 rings (SSSR count). The topological polar surface area (TPSA) is 38.1 Å². The van der Waals surface area contributed by atoms with Gasteiger partial charge in [0.25, 0.3) is 5.91 Å². The third-order valence-corrected chi connectivity index (χ3v) is 4.02. The van der Waals surface area contributed by atoms with Crippen molar-refractivity contribution in [3.8, 4) is 0 Å². The predicted octanol–water partition coefficient (Wildman–Crippen LogP) is 3.16. The van der Waals surface area contributed by atoms with Crippen LogP contribution in [0.3, 0.4) is 0 Å². The van der Waals surface area contributed by atoms with Gasteiger partial charge < -0.3 is 9.47 Å². The number of rotatable bonds is 2. The molecule has 1 saturated heterocycles. The van der Waals surface area contributed by atoms with Gasteiger partial charge in [0.1, 0.15) is 5.82 Å². The highest BCUT2D eigenvalue weighted by atomic mass is 16.2. The molecule has 4 heteroatoms. The lowest BCUT2D eigenvalue weighted by Gasteiger charge is -2.15.